The minimum atomic E-state index is 0.663. The van der Waals surface area contributed by atoms with Crippen LogP contribution < -0.4 is 5.32 Å². The first kappa shape index (κ1) is 16.5. The molecule has 3 heterocycles. The minimum Gasteiger partial charge on any atom is -0.339 e. The summed E-state index contributed by atoms with van der Waals surface area (Å²) >= 11 is 6.29. The Kier molecular flexibility index (Phi) is 4.03. The standard InChI is InChI=1S/C21H15ClN6/c22-16-8-4-7-15(13-16)20-17(24-18-11-12-23-25-18)9-10-19-26-27-21(28(19)20)14-5-2-1-3-6-14/h1-13H,(H2,23,24,25). The largest absolute Gasteiger partial charge is 0.339 e. The SMILES string of the molecule is Clc1cccc(-c2c(Nc3ccn[nH]3)ccc3nnc(-c4ccccc4)n23)c1. The number of H-pyrrole nitrogens is 1. The molecule has 0 fully saturated rings. The number of hydrogen-bond acceptors (Lipinski definition) is 4. The summed E-state index contributed by atoms with van der Waals surface area (Å²) in [5, 5.41) is 19.8. The van der Waals surface area contributed by atoms with Crippen molar-refractivity contribution in [2.75, 3.05) is 5.32 Å². The molecule has 3 aromatic heterocycles. The topological polar surface area (TPSA) is 70.9 Å². The van der Waals surface area contributed by atoms with E-state index >= 15 is 0 Å². The number of nitrogens with one attached hydrogen (secondary N) is 2. The van der Waals surface area contributed by atoms with Gasteiger partial charge in [-0.2, -0.15) is 5.10 Å². The summed E-state index contributed by atoms with van der Waals surface area (Å²) in [7, 11) is 0. The lowest BCUT2D eigenvalue weighted by molar-refractivity contribution is 1.09. The highest BCUT2D eigenvalue weighted by Crippen LogP contribution is 2.34. The van der Waals surface area contributed by atoms with Gasteiger partial charge in [0.05, 0.1) is 17.6 Å². The fourth-order valence-corrected chi connectivity index (χ4v) is 3.44. The van der Waals surface area contributed by atoms with Crippen LogP contribution in [0.1, 0.15) is 0 Å². The molecule has 0 aliphatic carbocycles. The molecule has 0 unspecified atom stereocenters. The molecule has 0 amide bonds. The van der Waals surface area contributed by atoms with Crippen LogP contribution in [0.3, 0.4) is 0 Å². The number of halogens is 1. The Labute approximate surface area is 165 Å². The molecule has 0 saturated heterocycles. The molecule has 6 nitrogen and oxygen atoms in total. The molecule has 0 spiro atoms. The summed E-state index contributed by atoms with van der Waals surface area (Å²) in [5.41, 5.74) is 4.49. The summed E-state index contributed by atoms with van der Waals surface area (Å²) in [6.07, 6.45) is 1.70. The fraction of sp³-hybridized carbons (Fsp3) is 0. The van der Waals surface area contributed by atoms with Crippen molar-refractivity contribution in [1.29, 1.82) is 0 Å². The van der Waals surface area contributed by atoms with Crippen molar-refractivity contribution in [2.45, 2.75) is 0 Å². The maximum atomic E-state index is 6.29. The van der Waals surface area contributed by atoms with Crippen molar-refractivity contribution in [3.63, 3.8) is 0 Å². The summed E-state index contributed by atoms with van der Waals surface area (Å²) in [5.74, 6) is 1.55. The van der Waals surface area contributed by atoms with Gasteiger partial charge in [-0.25, -0.2) is 0 Å². The van der Waals surface area contributed by atoms with Crippen molar-refractivity contribution in [2.24, 2.45) is 0 Å². The van der Waals surface area contributed by atoms with Crippen LogP contribution in [0.4, 0.5) is 11.5 Å². The molecule has 136 valence electrons. The van der Waals surface area contributed by atoms with E-state index in [0.29, 0.717) is 5.02 Å². The van der Waals surface area contributed by atoms with Gasteiger partial charge in [0, 0.05) is 22.2 Å². The number of nitrogens with zero attached hydrogens (tertiary/aromatic N) is 4. The van der Waals surface area contributed by atoms with Crippen molar-refractivity contribution in [1.82, 2.24) is 24.8 Å². The maximum Gasteiger partial charge on any atom is 0.168 e. The number of anilines is 2. The van der Waals surface area contributed by atoms with Crippen LogP contribution in [0.5, 0.6) is 0 Å². The van der Waals surface area contributed by atoms with Crippen molar-refractivity contribution in [3.8, 4) is 22.6 Å². The Bertz CT molecular complexity index is 1240. The molecular formula is C21H15ClN6. The predicted octanol–water partition coefficient (Wildman–Crippen LogP) is 5.18. The highest BCUT2D eigenvalue weighted by molar-refractivity contribution is 6.30. The zero-order chi connectivity index (χ0) is 18.9. The van der Waals surface area contributed by atoms with Crippen LogP contribution in [-0.4, -0.2) is 24.8 Å². The zero-order valence-electron chi connectivity index (χ0n) is 14.7. The van der Waals surface area contributed by atoms with Crippen molar-refractivity contribution in [3.05, 3.63) is 84.0 Å². The van der Waals surface area contributed by atoms with E-state index in [1.807, 2.05) is 77.2 Å². The Morgan fingerprint density at radius 3 is 2.50 bits per heavy atom. The number of fused-ring (bicyclic) bond motifs is 1. The number of rotatable bonds is 4. The van der Waals surface area contributed by atoms with Crippen LogP contribution in [0.15, 0.2) is 79.0 Å². The van der Waals surface area contributed by atoms with E-state index in [4.69, 9.17) is 11.6 Å². The molecule has 0 saturated carbocycles. The quantitative estimate of drug-likeness (QED) is 0.446. The summed E-state index contributed by atoms with van der Waals surface area (Å²) in [6.45, 7) is 0. The molecular weight excluding hydrogens is 372 g/mol. The van der Waals surface area contributed by atoms with Crippen LogP contribution in [-0.2, 0) is 0 Å². The van der Waals surface area contributed by atoms with Gasteiger partial charge < -0.3 is 5.32 Å². The molecule has 28 heavy (non-hydrogen) atoms. The second-order valence-electron chi connectivity index (χ2n) is 6.28. The lowest BCUT2D eigenvalue weighted by atomic mass is 10.1. The van der Waals surface area contributed by atoms with Crippen molar-refractivity contribution < 1.29 is 0 Å². The normalized spacial score (nSPS) is 11.0. The zero-order valence-corrected chi connectivity index (χ0v) is 15.4. The summed E-state index contributed by atoms with van der Waals surface area (Å²) in [6, 6.07) is 23.5. The van der Waals surface area contributed by atoms with Gasteiger partial charge in [0.15, 0.2) is 11.5 Å². The fourth-order valence-electron chi connectivity index (χ4n) is 3.25. The third kappa shape index (κ3) is 2.90. The molecule has 0 radical (unpaired) electrons. The maximum absolute atomic E-state index is 6.29. The highest BCUT2D eigenvalue weighted by Gasteiger charge is 2.17. The molecule has 5 aromatic rings. The van der Waals surface area contributed by atoms with Gasteiger partial charge in [0.1, 0.15) is 5.82 Å². The van der Waals surface area contributed by atoms with Gasteiger partial charge in [-0.05, 0) is 24.3 Å². The van der Waals surface area contributed by atoms with Gasteiger partial charge in [0.25, 0.3) is 0 Å². The van der Waals surface area contributed by atoms with E-state index in [1.54, 1.807) is 6.20 Å². The monoisotopic (exact) mass is 386 g/mol. The molecule has 0 bridgehead atoms. The van der Waals surface area contributed by atoms with Crippen LogP contribution >= 0.6 is 11.6 Å². The predicted molar refractivity (Wildman–Crippen MR) is 111 cm³/mol. The number of aromatic amines is 1. The summed E-state index contributed by atoms with van der Waals surface area (Å²) < 4.78 is 2.04. The summed E-state index contributed by atoms with van der Waals surface area (Å²) in [4.78, 5) is 0. The minimum absolute atomic E-state index is 0.663. The van der Waals surface area contributed by atoms with Gasteiger partial charge in [-0.1, -0.05) is 54.1 Å². The number of pyridine rings is 1. The van der Waals surface area contributed by atoms with E-state index in [1.165, 1.54) is 0 Å². The van der Waals surface area contributed by atoms with Gasteiger partial charge in [-0.15, -0.1) is 10.2 Å². The second-order valence-corrected chi connectivity index (χ2v) is 6.72. The molecule has 2 aromatic carbocycles. The Morgan fingerprint density at radius 2 is 1.71 bits per heavy atom. The second kappa shape index (κ2) is 6.83. The van der Waals surface area contributed by atoms with Gasteiger partial charge >= 0.3 is 0 Å². The number of benzene rings is 2. The Hall–Kier alpha value is -3.64. The lowest BCUT2D eigenvalue weighted by Gasteiger charge is -2.15. The van der Waals surface area contributed by atoms with E-state index in [-0.39, 0.29) is 0 Å². The molecule has 0 atom stereocenters. The van der Waals surface area contributed by atoms with Crippen LogP contribution in [0.25, 0.3) is 28.3 Å². The third-order valence-electron chi connectivity index (χ3n) is 4.47. The number of aromatic nitrogens is 5. The Balaban J connectivity index is 1.81. The molecule has 5 rings (SSSR count). The molecule has 0 aliphatic heterocycles. The Morgan fingerprint density at radius 1 is 0.857 bits per heavy atom. The first-order valence-corrected chi connectivity index (χ1v) is 9.13. The number of hydrogen-bond donors (Lipinski definition) is 2. The van der Waals surface area contributed by atoms with E-state index in [2.05, 4.69) is 25.7 Å². The average molecular weight is 387 g/mol. The van der Waals surface area contributed by atoms with Crippen LogP contribution in [0, 0.1) is 0 Å². The van der Waals surface area contributed by atoms with Gasteiger partial charge in [0.2, 0.25) is 0 Å². The average Bonchev–Trinajstić information content (AvgIpc) is 3.38. The molecule has 2 N–H and O–H groups in total. The third-order valence-corrected chi connectivity index (χ3v) is 4.70. The first-order chi connectivity index (χ1) is 13.8. The first-order valence-electron chi connectivity index (χ1n) is 8.75. The highest BCUT2D eigenvalue weighted by atomic mass is 35.5. The smallest absolute Gasteiger partial charge is 0.168 e. The molecule has 0 aliphatic rings. The van der Waals surface area contributed by atoms with Crippen molar-refractivity contribution >= 4 is 28.8 Å². The van der Waals surface area contributed by atoms with Gasteiger partial charge in [-0.3, -0.25) is 9.50 Å². The molecule has 7 heteroatoms. The lowest BCUT2D eigenvalue weighted by Crippen LogP contribution is -2.01. The van der Waals surface area contributed by atoms with E-state index in [9.17, 15) is 0 Å². The van der Waals surface area contributed by atoms with E-state index in [0.717, 1.165) is 39.8 Å². The van der Waals surface area contributed by atoms with Crippen LogP contribution in [0.2, 0.25) is 5.02 Å². The van der Waals surface area contributed by atoms with E-state index < -0.39 is 0 Å².